The molecule has 0 aliphatic carbocycles. The standard InChI is InChI=1S/C22H24FN3O4/c23-17-3-1-16(2-4-17)22(29)26-19-6-5-18(30-20(19)14-27)13-21(28)25-12-9-15-7-10-24-11-8-15/h1-8,10-11,18-20,27H,9,12-14H2,(H,25,28)(H,26,29)/t18-,19-,20-/m1/s1. The summed E-state index contributed by atoms with van der Waals surface area (Å²) in [4.78, 5) is 28.4. The number of hydrogen-bond acceptors (Lipinski definition) is 5. The summed E-state index contributed by atoms with van der Waals surface area (Å²) in [6.45, 7) is 0.179. The lowest BCUT2D eigenvalue weighted by Crippen LogP contribution is -2.49. The molecule has 0 saturated carbocycles. The van der Waals surface area contributed by atoms with E-state index in [1.165, 1.54) is 24.3 Å². The van der Waals surface area contributed by atoms with Gasteiger partial charge in [-0.25, -0.2) is 4.39 Å². The van der Waals surface area contributed by atoms with Gasteiger partial charge in [-0.3, -0.25) is 14.6 Å². The third-order valence-electron chi connectivity index (χ3n) is 4.74. The highest BCUT2D eigenvalue weighted by atomic mass is 19.1. The van der Waals surface area contributed by atoms with Gasteiger partial charge in [0.15, 0.2) is 0 Å². The van der Waals surface area contributed by atoms with Crippen LogP contribution >= 0.6 is 0 Å². The first-order valence-electron chi connectivity index (χ1n) is 9.72. The van der Waals surface area contributed by atoms with Crippen molar-refractivity contribution in [3.05, 3.63) is 77.9 Å². The quantitative estimate of drug-likeness (QED) is 0.568. The highest BCUT2D eigenvalue weighted by Crippen LogP contribution is 2.16. The maximum atomic E-state index is 13.0. The minimum absolute atomic E-state index is 0.113. The van der Waals surface area contributed by atoms with Crippen LogP contribution in [-0.4, -0.2) is 53.3 Å². The number of ether oxygens (including phenoxy) is 1. The smallest absolute Gasteiger partial charge is 0.251 e. The van der Waals surface area contributed by atoms with Gasteiger partial charge in [-0.1, -0.05) is 12.2 Å². The van der Waals surface area contributed by atoms with E-state index in [9.17, 15) is 19.1 Å². The molecule has 8 heteroatoms. The third-order valence-corrected chi connectivity index (χ3v) is 4.74. The number of carbonyl (C=O) groups is 2. The van der Waals surface area contributed by atoms with Gasteiger partial charge in [0.1, 0.15) is 11.9 Å². The van der Waals surface area contributed by atoms with Gasteiger partial charge in [0, 0.05) is 24.5 Å². The molecule has 0 fully saturated rings. The van der Waals surface area contributed by atoms with Crippen molar-refractivity contribution in [3.63, 3.8) is 0 Å². The first-order chi connectivity index (χ1) is 14.5. The second kappa shape index (κ2) is 10.6. The van der Waals surface area contributed by atoms with Gasteiger partial charge in [0.2, 0.25) is 5.91 Å². The van der Waals surface area contributed by atoms with Crippen LogP contribution in [0.2, 0.25) is 0 Å². The van der Waals surface area contributed by atoms with E-state index in [-0.39, 0.29) is 18.9 Å². The number of nitrogens with zero attached hydrogens (tertiary/aromatic N) is 1. The molecular formula is C22H24FN3O4. The number of aliphatic hydroxyl groups is 1. The van der Waals surface area contributed by atoms with Crippen molar-refractivity contribution < 1.29 is 23.8 Å². The van der Waals surface area contributed by atoms with Crippen molar-refractivity contribution in [1.82, 2.24) is 15.6 Å². The lowest BCUT2D eigenvalue weighted by Gasteiger charge is -2.31. The molecule has 1 aromatic carbocycles. The minimum Gasteiger partial charge on any atom is -0.394 e. The fourth-order valence-corrected chi connectivity index (χ4v) is 3.12. The molecule has 30 heavy (non-hydrogen) atoms. The van der Waals surface area contributed by atoms with Crippen molar-refractivity contribution in [1.29, 1.82) is 0 Å². The van der Waals surface area contributed by atoms with E-state index >= 15 is 0 Å². The zero-order chi connectivity index (χ0) is 21.3. The van der Waals surface area contributed by atoms with E-state index in [1.807, 2.05) is 12.1 Å². The summed E-state index contributed by atoms with van der Waals surface area (Å²) in [6.07, 6.45) is 6.45. The average Bonchev–Trinajstić information content (AvgIpc) is 2.76. The van der Waals surface area contributed by atoms with Crippen molar-refractivity contribution in [2.75, 3.05) is 13.2 Å². The van der Waals surface area contributed by atoms with Gasteiger partial charge in [-0.05, 0) is 48.4 Å². The fourth-order valence-electron chi connectivity index (χ4n) is 3.12. The topological polar surface area (TPSA) is 101 Å². The van der Waals surface area contributed by atoms with Gasteiger partial charge in [0.25, 0.3) is 5.91 Å². The highest BCUT2D eigenvalue weighted by molar-refractivity contribution is 5.94. The monoisotopic (exact) mass is 413 g/mol. The third kappa shape index (κ3) is 6.20. The summed E-state index contributed by atoms with van der Waals surface area (Å²) < 4.78 is 18.8. The summed E-state index contributed by atoms with van der Waals surface area (Å²) in [5.41, 5.74) is 1.39. The van der Waals surface area contributed by atoms with Crippen LogP contribution < -0.4 is 10.6 Å². The fraction of sp³-hybridized carbons (Fsp3) is 0.318. The Bertz CT molecular complexity index is 874. The summed E-state index contributed by atoms with van der Waals surface area (Å²) in [5.74, 6) is -0.995. The largest absolute Gasteiger partial charge is 0.394 e. The molecule has 0 unspecified atom stereocenters. The Balaban J connectivity index is 1.48. The number of rotatable bonds is 8. The SMILES string of the molecule is O=C(C[C@H]1C=C[C@@H](NC(=O)c2ccc(F)cc2)[C@@H](CO)O1)NCCc1ccncc1. The second-order valence-corrected chi connectivity index (χ2v) is 6.95. The Morgan fingerprint density at radius 3 is 2.53 bits per heavy atom. The molecule has 158 valence electrons. The number of nitrogens with one attached hydrogen (secondary N) is 2. The molecule has 0 saturated heterocycles. The normalized spacial score (nSPS) is 20.5. The minimum atomic E-state index is -0.686. The Morgan fingerprint density at radius 1 is 1.10 bits per heavy atom. The summed E-state index contributed by atoms with van der Waals surface area (Å²) in [5, 5.41) is 15.2. The summed E-state index contributed by atoms with van der Waals surface area (Å²) in [6, 6.07) is 8.40. The van der Waals surface area contributed by atoms with E-state index in [1.54, 1.807) is 24.5 Å². The number of benzene rings is 1. The van der Waals surface area contributed by atoms with Crippen LogP contribution in [0.4, 0.5) is 4.39 Å². The zero-order valence-corrected chi connectivity index (χ0v) is 16.3. The van der Waals surface area contributed by atoms with Crippen molar-refractivity contribution >= 4 is 11.8 Å². The number of amides is 2. The van der Waals surface area contributed by atoms with Crippen molar-refractivity contribution in [3.8, 4) is 0 Å². The summed E-state index contributed by atoms with van der Waals surface area (Å²) in [7, 11) is 0. The molecular weight excluding hydrogens is 389 g/mol. The Kier molecular flexibility index (Phi) is 7.64. The highest BCUT2D eigenvalue weighted by Gasteiger charge is 2.29. The van der Waals surface area contributed by atoms with Crippen LogP contribution in [0.5, 0.6) is 0 Å². The molecule has 2 aromatic rings. The molecule has 3 atom stereocenters. The molecule has 0 radical (unpaired) electrons. The van der Waals surface area contributed by atoms with E-state index in [2.05, 4.69) is 15.6 Å². The van der Waals surface area contributed by atoms with Crippen LogP contribution in [0.15, 0.2) is 60.9 Å². The molecule has 3 rings (SSSR count). The maximum Gasteiger partial charge on any atom is 0.251 e. The second-order valence-electron chi connectivity index (χ2n) is 6.95. The van der Waals surface area contributed by atoms with Crippen LogP contribution in [0, 0.1) is 5.82 Å². The molecule has 1 aliphatic heterocycles. The lowest BCUT2D eigenvalue weighted by molar-refractivity contribution is -0.125. The van der Waals surface area contributed by atoms with Crippen LogP contribution in [0.25, 0.3) is 0 Å². The first-order valence-corrected chi connectivity index (χ1v) is 9.72. The molecule has 0 bridgehead atoms. The van der Waals surface area contributed by atoms with Gasteiger partial charge in [-0.15, -0.1) is 0 Å². The average molecular weight is 413 g/mol. The van der Waals surface area contributed by atoms with Gasteiger partial charge < -0.3 is 20.5 Å². The number of aliphatic hydroxyl groups excluding tert-OH is 1. The van der Waals surface area contributed by atoms with Crippen molar-refractivity contribution in [2.24, 2.45) is 0 Å². The van der Waals surface area contributed by atoms with E-state index in [0.717, 1.165) is 5.56 Å². The number of pyridine rings is 1. The van der Waals surface area contributed by atoms with Crippen LogP contribution in [0.1, 0.15) is 22.3 Å². The Hall–Kier alpha value is -3.10. The molecule has 2 heterocycles. The number of halogens is 1. The molecule has 2 amide bonds. The van der Waals surface area contributed by atoms with Gasteiger partial charge in [-0.2, -0.15) is 0 Å². The van der Waals surface area contributed by atoms with E-state index in [4.69, 9.17) is 4.74 Å². The van der Waals surface area contributed by atoms with Gasteiger partial charge in [0.05, 0.1) is 25.2 Å². The van der Waals surface area contributed by atoms with E-state index < -0.39 is 30.0 Å². The molecule has 1 aromatic heterocycles. The Labute approximate surface area is 174 Å². The Morgan fingerprint density at radius 2 is 1.83 bits per heavy atom. The van der Waals surface area contributed by atoms with Crippen molar-refractivity contribution in [2.45, 2.75) is 31.1 Å². The summed E-state index contributed by atoms with van der Waals surface area (Å²) >= 11 is 0. The lowest BCUT2D eigenvalue weighted by atomic mass is 10.0. The number of hydrogen-bond donors (Lipinski definition) is 3. The molecule has 7 nitrogen and oxygen atoms in total. The maximum absolute atomic E-state index is 13.0. The number of aromatic nitrogens is 1. The molecule has 0 spiro atoms. The predicted molar refractivity (Wildman–Crippen MR) is 108 cm³/mol. The van der Waals surface area contributed by atoms with Gasteiger partial charge >= 0.3 is 0 Å². The van der Waals surface area contributed by atoms with Crippen LogP contribution in [0.3, 0.4) is 0 Å². The predicted octanol–water partition coefficient (Wildman–Crippen LogP) is 1.38. The molecule has 3 N–H and O–H groups in total. The van der Waals surface area contributed by atoms with Crippen LogP contribution in [-0.2, 0) is 16.0 Å². The molecule has 1 aliphatic rings. The zero-order valence-electron chi connectivity index (χ0n) is 16.3. The first kappa shape index (κ1) is 21.6. The van der Waals surface area contributed by atoms with E-state index in [0.29, 0.717) is 18.5 Å². The number of carbonyl (C=O) groups excluding carboxylic acids is 2.